The van der Waals surface area contributed by atoms with Gasteiger partial charge in [0.15, 0.2) is 5.75 Å². The molecule has 108 valence electrons. The van der Waals surface area contributed by atoms with Crippen LogP contribution in [-0.4, -0.2) is 53.6 Å². The Balaban J connectivity index is 2.28. The first-order valence-corrected chi connectivity index (χ1v) is 6.89. The van der Waals surface area contributed by atoms with Crippen LogP contribution < -0.4 is 4.74 Å². The summed E-state index contributed by atoms with van der Waals surface area (Å²) in [6.45, 7) is 3.99. The summed E-state index contributed by atoms with van der Waals surface area (Å²) in [5.41, 5.74) is 1.10. The van der Waals surface area contributed by atoms with Crippen LogP contribution in [0.3, 0.4) is 0 Å². The first kappa shape index (κ1) is 14.3. The highest BCUT2D eigenvalue weighted by molar-refractivity contribution is 5.33. The van der Waals surface area contributed by atoms with E-state index in [1.165, 1.54) is 0 Å². The normalized spacial score (nSPS) is 27.2. The Bertz CT molecular complexity index is 430. The Morgan fingerprint density at radius 2 is 2.32 bits per heavy atom. The highest BCUT2D eigenvalue weighted by Gasteiger charge is 2.40. The molecule has 2 rings (SSSR count). The zero-order valence-corrected chi connectivity index (χ0v) is 12.4. The lowest BCUT2D eigenvalue weighted by Crippen LogP contribution is -2.27. The van der Waals surface area contributed by atoms with Crippen molar-refractivity contribution < 1.29 is 9.84 Å². The van der Waals surface area contributed by atoms with Gasteiger partial charge in [0.05, 0.1) is 31.6 Å². The molecular formula is C14H25N3O2. The van der Waals surface area contributed by atoms with Crippen LogP contribution in [0, 0.1) is 0 Å². The van der Waals surface area contributed by atoms with Crippen LogP contribution in [0.4, 0.5) is 0 Å². The number of methoxy groups -OCH3 is 1. The van der Waals surface area contributed by atoms with E-state index in [0.717, 1.165) is 43.8 Å². The van der Waals surface area contributed by atoms with Gasteiger partial charge in [-0.25, -0.2) is 0 Å². The maximum atomic E-state index is 9.86. The Morgan fingerprint density at radius 3 is 2.84 bits per heavy atom. The molecule has 19 heavy (non-hydrogen) atoms. The van der Waals surface area contributed by atoms with Crippen LogP contribution >= 0.6 is 0 Å². The smallest absolute Gasteiger partial charge is 0.160 e. The minimum atomic E-state index is -0.202. The van der Waals surface area contributed by atoms with Crippen molar-refractivity contribution in [3.63, 3.8) is 0 Å². The van der Waals surface area contributed by atoms with Gasteiger partial charge in [-0.3, -0.25) is 4.68 Å². The molecule has 1 N–H and O–H groups in total. The van der Waals surface area contributed by atoms with E-state index in [1.54, 1.807) is 13.3 Å². The van der Waals surface area contributed by atoms with Gasteiger partial charge in [0, 0.05) is 12.0 Å². The third-order valence-electron chi connectivity index (χ3n) is 4.07. The van der Waals surface area contributed by atoms with Crippen LogP contribution in [0.5, 0.6) is 5.75 Å². The number of aromatic nitrogens is 2. The molecule has 5 nitrogen and oxygen atoms in total. The highest BCUT2D eigenvalue weighted by atomic mass is 16.5. The molecule has 1 heterocycles. The summed E-state index contributed by atoms with van der Waals surface area (Å²) in [6.07, 6.45) is 4.22. The van der Waals surface area contributed by atoms with Gasteiger partial charge in [0.2, 0.25) is 0 Å². The van der Waals surface area contributed by atoms with Crippen molar-refractivity contribution in [2.45, 2.75) is 44.2 Å². The van der Waals surface area contributed by atoms with Crippen molar-refractivity contribution in [3.8, 4) is 5.75 Å². The summed E-state index contributed by atoms with van der Waals surface area (Å²) in [5.74, 6) is 0.843. The maximum Gasteiger partial charge on any atom is 0.160 e. The summed E-state index contributed by atoms with van der Waals surface area (Å²) in [4.78, 5) is 2.14. The minimum absolute atomic E-state index is 0.0342. The van der Waals surface area contributed by atoms with Crippen molar-refractivity contribution in [3.05, 3.63) is 11.9 Å². The second-order valence-electron chi connectivity index (χ2n) is 6.05. The van der Waals surface area contributed by atoms with E-state index in [1.807, 2.05) is 4.68 Å². The predicted octanol–water partition coefficient (Wildman–Crippen LogP) is 1.26. The van der Waals surface area contributed by atoms with E-state index < -0.39 is 0 Å². The molecule has 0 bridgehead atoms. The van der Waals surface area contributed by atoms with E-state index in [2.05, 4.69) is 31.0 Å². The Labute approximate surface area is 115 Å². The first-order chi connectivity index (χ1) is 8.96. The molecule has 2 unspecified atom stereocenters. The number of hydrogen-bond acceptors (Lipinski definition) is 4. The largest absolute Gasteiger partial charge is 0.493 e. The fourth-order valence-electron chi connectivity index (χ4n) is 3.02. The molecular weight excluding hydrogens is 242 g/mol. The molecule has 2 atom stereocenters. The molecule has 0 saturated heterocycles. The lowest BCUT2D eigenvalue weighted by Gasteiger charge is -2.26. The summed E-state index contributed by atoms with van der Waals surface area (Å²) in [6, 6.07) is 0. The van der Waals surface area contributed by atoms with Crippen molar-refractivity contribution in [1.29, 1.82) is 0 Å². The standard InChI is InChI=1S/C14H25N3O2/c1-14(6-5-11(18)9-14)13-12(19-4)10-15-17(13)8-7-16(2)3/h10-11,18H,5-9H2,1-4H3. The molecule has 1 saturated carbocycles. The summed E-state index contributed by atoms with van der Waals surface area (Å²) < 4.78 is 7.51. The Morgan fingerprint density at radius 1 is 1.58 bits per heavy atom. The third kappa shape index (κ3) is 2.92. The predicted molar refractivity (Wildman–Crippen MR) is 74.5 cm³/mol. The minimum Gasteiger partial charge on any atom is -0.493 e. The van der Waals surface area contributed by atoms with Gasteiger partial charge < -0.3 is 14.7 Å². The number of aliphatic hydroxyl groups is 1. The van der Waals surface area contributed by atoms with E-state index in [9.17, 15) is 5.11 Å². The molecule has 0 aromatic carbocycles. The maximum absolute atomic E-state index is 9.86. The van der Waals surface area contributed by atoms with Crippen LogP contribution in [0.2, 0.25) is 0 Å². The highest BCUT2D eigenvalue weighted by Crippen LogP contribution is 2.44. The molecule has 1 aromatic heterocycles. The van der Waals surface area contributed by atoms with Crippen LogP contribution in [0.25, 0.3) is 0 Å². The SMILES string of the molecule is COc1cnn(CCN(C)C)c1C1(C)CCC(O)C1. The molecule has 0 aliphatic heterocycles. The molecule has 1 aromatic rings. The second-order valence-corrected chi connectivity index (χ2v) is 6.05. The van der Waals surface area contributed by atoms with E-state index in [-0.39, 0.29) is 11.5 Å². The fourth-order valence-corrected chi connectivity index (χ4v) is 3.02. The quantitative estimate of drug-likeness (QED) is 0.872. The third-order valence-corrected chi connectivity index (χ3v) is 4.07. The van der Waals surface area contributed by atoms with Gasteiger partial charge in [0.1, 0.15) is 0 Å². The number of aliphatic hydroxyl groups excluding tert-OH is 1. The number of likely N-dealkylation sites (N-methyl/N-ethyl adjacent to an activating group) is 1. The number of rotatable bonds is 5. The van der Waals surface area contributed by atoms with Crippen molar-refractivity contribution in [2.75, 3.05) is 27.7 Å². The average molecular weight is 267 g/mol. The number of hydrogen-bond donors (Lipinski definition) is 1. The lowest BCUT2D eigenvalue weighted by atomic mass is 9.84. The Kier molecular flexibility index (Phi) is 4.16. The zero-order valence-electron chi connectivity index (χ0n) is 12.4. The summed E-state index contributed by atoms with van der Waals surface area (Å²) >= 11 is 0. The molecule has 0 radical (unpaired) electrons. The molecule has 5 heteroatoms. The molecule has 1 fully saturated rings. The van der Waals surface area contributed by atoms with Crippen LogP contribution in [0.15, 0.2) is 6.20 Å². The second kappa shape index (κ2) is 5.51. The molecule has 1 aliphatic rings. The fraction of sp³-hybridized carbons (Fsp3) is 0.786. The van der Waals surface area contributed by atoms with Crippen molar-refractivity contribution in [1.82, 2.24) is 14.7 Å². The van der Waals surface area contributed by atoms with Gasteiger partial charge >= 0.3 is 0 Å². The van der Waals surface area contributed by atoms with Gasteiger partial charge in [-0.15, -0.1) is 0 Å². The van der Waals surface area contributed by atoms with Gasteiger partial charge in [-0.1, -0.05) is 6.92 Å². The molecule has 0 spiro atoms. The van der Waals surface area contributed by atoms with E-state index in [4.69, 9.17) is 4.74 Å². The average Bonchev–Trinajstić information content (AvgIpc) is 2.91. The molecule has 0 amide bonds. The van der Waals surface area contributed by atoms with Gasteiger partial charge in [-0.05, 0) is 33.4 Å². The van der Waals surface area contributed by atoms with Crippen molar-refractivity contribution in [2.24, 2.45) is 0 Å². The van der Waals surface area contributed by atoms with E-state index >= 15 is 0 Å². The van der Waals surface area contributed by atoms with Crippen LogP contribution in [0.1, 0.15) is 31.9 Å². The zero-order chi connectivity index (χ0) is 14.0. The van der Waals surface area contributed by atoms with Crippen molar-refractivity contribution >= 4 is 0 Å². The van der Waals surface area contributed by atoms with Gasteiger partial charge in [0.25, 0.3) is 0 Å². The summed E-state index contributed by atoms with van der Waals surface area (Å²) in [5, 5.41) is 14.3. The number of nitrogens with zero attached hydrogens (tertiary/aromatic N) is 3. The van der Waals surface area contributed by atoms with Crippen LogP contribution in [-0.2, 0) is 12.0 Å². The van der Waals surface area contributed by atoms with E-state index in [0.29, 0.717) is 0 Å². The first-order valence-electron chi connectivity index (χ1n) is 6.89. The lowest BCUT2D eigenvalue weighted by molar-refractivity contribution is 0.173. The Hall–Kier alpha value is -1.07. The van der Waals surface area contributed by atoms with Gasteiger partial charge in [-0.2, -0.15) is 5.10 Å². The topological polar surface area (TPSA) is 50.5 Å². The summed E-state index contributed by atoms with van der Waals surface area (Å²) in [7, 11) is 5.80. The molecule has 1 aliphatic carbocycles. The monoisotopic (exact) mass is 267 g/mol. The number of ether oxygens (including phenoxy) is 1.